The summed E-state index contributed by atoms with van der Waals surface area (Å²) in [6, 6.07) is 1.98. The summed E-state index contributed by atoms with van der Waals surface area (Å²) in [4.78, 5) is 30.9. The van der Waals surface area contributed by atoms with Crippen molar-refractivity contribution in [1.29, 1.82) is 0 Å². The van der Waals surface area contributed by atoms with Crippen molar-refractivity contribution in [3.05, 3.63) is 16.6 Å². The molecule has 0 saturated carbocycles. The Hall–Kier alpha value is -2.54. The van der Waals surface area contributed by atoms with Crippen LogP contribution in [0.1, 0.15) is 35.1 Å². The predicted octanol–water partition coefficient (Wildman–Crippen LogP) is 1.88. The Morgan fingerprint density at radius 1 is 1.12 bits per heavy atom. The van der Waals surface area contributed by atoms with E-state index in [1.54, 1.807) is 13.8 Å². The summed E-state index contributed by atoms with van der Waals surface area (Å²) >= 11 is 1.22. The van der Waals surface area contributed by atoms with Gasteiger partial charge in [0.15, 0.2) is 5.13 Å². The molecule has 2 fully saturated rings. The standard InChI is InChI=1S/C21H31N7O4S/c1-3-32-19(30)18-14(2)22-21(33-18)25-20-23-16(26-6-4-15(13-29)5-7-26)12-17(24-20)27-8-10-28(31)11-9-27/h12,15,29,31H,3-11,13H2,1-2H3,(H,22,23,24,25). The van der Waals surface area contributed by atoms with Crippen molar-refractivity contribution in [2.45, 2.75) is 26.7 Å². The smallest absolute Gasteiger partial charge is 0.350 e. The first kappa shape index (κ1) is 23.6. The molecule has 0 radical (unpaired) electrons. The molecule has 0 bridgehead atoms. The molecule has 0 unspecified atom stereocenters. The lowest BCUT2D eigenvalue weighted by Gasteiger charge is -2.34. The zero-order chi connectivity index (χ0) is 23.4. The number of aliphatic hydroxyl groups is 1. The Morgan fingerprint density at radius 3 is 2.36 bits per heavy atom. The fourth-order valence-corrected chi connectivity index (χ4v) is 4.86. The number of hydrogen-bond acceptors (Lipinski definition) is 12. The van der Waals surface area contributed by atoms with Gasteiger partial charge in [-0.1, -0.05) is 11.3 Å². The SMILES string of the molecule is CCOC(=O)c1sc(Nc2nc(N3CCC(CO)CC3)cc(N3CCN(O)CC3)n2)nc1C. The molecular formula is C21H31N7O4S. The molecule has 0 spiro atoms. The number of ether oxygens (including phenoxy) is 1. The van der Waals surface area contributed by atoms with E-state index in [-0.39, 0.29) is 12.6 Å². The number of thiazole rings is 1. The summed E-state index contributed by atoms with van der Waals surface area (Å²) < 4.78 is 5.11. The Morgan fingerprint density at radius 2 is 1.76 bits per heavy atom. The maximum Gasteiger partial charge on any atom is 0.350 e. The number of anilines is 4. The molecule has 12 heteroatoms. The molecule has 2 aliphatic heterocycles. The lowest BCUT2D eigenvalue weighted by atomic mass is 9.98. The molecule has 2 saturated heterocycles. The van der Waals surface area contributed by atoms with Crippen LogP contribution in [0.25, 0.3) is 0 Å². The maximum atomic E-state index is 12.2. The second kappa shape index (κ2) is 10.6. The number of carbonyl (C=O) groups is 1. The summed E-state index contributed by atoms with van der Waals surface area (Å²) in [7, 11) is 0. The molecule has 180 valence electrons. The second-order valence-electron chi connectivity index (χ2n) is 8.24. The number of aromatic nitrogens is 3. The highest BCUT2D eigenvalue weighted by Crippen LogP contribution is 2.29. The Bertz CT molecular complexity index is 956. The first-order valence-electron chi connectivity index (χ1n) is 11.3. The number of hydrogen-bond donors (Lipinski definition) is 3. The van der Waals surface area contributed by atoms with Crippen molar-refractivity contribution in [1.82, 2.24) is 20.0 Å². The summed E-state index contributed by atoms with van der Waals surface area (Å²) in [5.41, 5.74) is 0.600. The summed E-state index contributed by atoms with van der Waals surface area (Å²) in [5.74, 6) is 1.94. The first-order valence-corrected chi connectivity index (χ1v) is 12.1. The molecule has 0 aliphatic carbocycles. The van der Waals surface area contributed by atoms with Crippen molar-refractivity contribution >= 4 is 40.0 Å². The zero-order valence-electron chi connectivity index (χ0n) is 19.0. The van der Waals surface area contributed by atoms with E-state index in [9.17, 15) is 15.1 Å². The minimum absolute atomic E-state index is 0.216. The third-order valence-corrected chi connectivity index (χ3v) is 7.00. The van der Waals surface area contributed by atoms with Gasteiger partial charge in [-0.2, -0.15) is 15.0 Å². The number of rotatable bonds is 7. The topological polar surface area (TPSA) is 127 Å². The van der Waals surface area contributed by atoms with Gasteiger partial charge in [-0.3, -0.25) is 5.32 Å². The van der Waals surface area contributed by atoms with Crippen LogP contribution in [0.2, 0.25) is 0 Å². The second-order valence-corrected chi connectivity index (χ2v) is 9.24. The van der Waals surface area contributed by atoms with E-state index in [1.165, 1.54) is 16.4 Å². The number of nitrogens with zero attached hydrogens (tertiary/aromatic N) is 6. The largest absolute Gasteiger partial charge is 0.462 e. The number of piperazine rings is 1. The van der Waals surface area contributed by atoms with E-state index >= 15 is 0 Å². The quantitative estimate of drug-likeness (QED) is 0.506. The minimum Gasteiger partial charge on any atom is -0.462 e. The van der Waals surface area contributed by atoms with Crippen molar-refractivity contribution in [3.8, 4) is 0 Å². The number of piperidine rings is 1. The zero-order valence-corrected chi connectivity index (χ0v) is 19.8. The molecule has 4 rings (SSSR count). The highest BCUT2D eigenvalue weighted by molar-refractivity contribution is 7.17. The molecule has 0 amide bonds. The molecular weight excluding hydrogens is 446 g/mol. The molecule has 33 heavy (non-hydrogen) atoms. The van der Waals surface area contributed by atoms with E-state index in [1.807, 2.05) is 6.07 Å². The van der Waals surface area contributed by atoms with Gasteiger partial charge in [-0.15, -0.1) is 0 Å². The van der Waals surface area contributed by atoms with Gasteiger partial charge in [-0.25, -0.2) is 9.78 Å². The normalized spacial score (nSPS) is 17.9. The molecule has 2 aromatic rings. The summed E-state index contributed by atoms with van der Waals surface area (Å²) in [6.45, 7) is 8.09. The summed E-state index contributed by atoms with van der Waals surface area (Å²) in [6.07, 6.45) is 1.83. The number of hydroxylamine groups is 2. The third-order valence-electron chi connectivity index (χ3n) is 5.95. The molecule has 3 N–H and O–H groups in total. The Labute approximate surface area is 197 Å². The lowest BCUT2D eigenvalue weighted by Crippen LogP contribution is -2.45. The van der Waals surface area contributed by atoms with Crippen molar-refractivity contribution in [3.63, 3.8) is 0 Å². The lowest BCUT2D eigenvalue weighted by molar-refractivity contribution is -0.0936. The van der Waals surface area contributed by atoms with Crippen LogP contribution in [-0.4, -0.2) is 88.8 Å². The number of carbonyl (C=O) groups excluding carboxylic acids is 1. The van der Waals surface area contributed by atoms with Gasteiger partial charge in [-0.05, 0) is 32.6 Å². The van der Waals surface area contributed by atoms with Crippen molar-refractivity contribution < 1.29 is 19.8 Å². The first-order chi connectivity index (χ1) is 16.0. The fraction of sp³-hybridized carbons (Fsp3) is 0.619. The average molecular weight is 478 g/mol. The van der Waals surface area contributed by atoms with Crippen LogP contribution in [0.5, 0.6) is 0 Å². The van der Waals surface area contributed by atoms with E-state index in [2.05, 4.69) is 20.1 Å². The molecule has 11 nitrogen and oxygen atoms in total. The number of aliphatic hydroxyl groups excluding tert-OH is 1. The van der Waals surface area contributed by atoms with E-state index in [0.29, 0.717) is 60.4 Å². The van der Waals surface area contributed by atoms with Crippen LogP contribution < -0.4 is 15.1 Å². The van der Waals surface area contributed by atoms with Crippen LogP contribution in [0.15, 0.2) is 6.07 Å². The average Bonchev–Trinajstić information content (AvgIpc) is 3.19. The Balaban J connectivity index is 1.59. The maximum absolute atomic E-state index is 12.2. The van der Waals surface area contributed by atoms with Crippen LogP contribution in [0.4, 0.5) is 22.7 Å². The van der Waals surface area contributed by atoms with Gasteiger partial charge in [0.25, 0.3) is 0 Å². The number of nitrogens with one attached hydrogen (secondary N) is 1. The minimum atomic E-state index is -0.385. The van der Waals surface area contributed by atoms with Crippen LogP contribution >= 0.6 is 11.3 Å². The molecule has 0 aromatic carbocycles. The predicted molar refractivity (Wildman–Crippen MR) is 126 cm³/mol. The monoisotopic (exact) mass is 477 g/mol. The number of aryl methyl sites for hydroxylation is 1. The third kappa shape index (κ3) is 5.69. The highest BCUT2D eigenvalue weighted by atomic mass is 32.1. The van der Waals surface area contributed by atoms with Gasteiger partial charge in [0, 0.05) is 51.9 Å². The van der Waals surface area contributed by atoms with Gasteiger partial charge in [0.05, 0.1) is 12.3 Å². The van der Waals surface area contributed by atoms with Crippen LogP contribution in [-0.2, 0) is 4.74 Å². The molecule has 0 atom stereocenters. The Kier molecular flexibility index (Phi) is 7.58. The van der Waals surface area contributed by atoms with Gasteiger partial charge in [0.2, 0.25) is 5.95 Å². The molecule has 2 aromatic heterocycles. The van der Waals surface area contributed by atoms with Crippen molar-refractivity contribution in [2.24, 2.45) is 5.92 Å². The van der Waals surface area contributed by atoms with E-state index in [4.69, 9.17) is 14.7 Å². The highest BCUT2D eigenvalue weighted by Gasteiger charge is 2.24. The fourth-order valence-electron chi connectivity index (χ4n) is 4.00. The number of esters is 1. The summed E-state index contributed by atoms with van der Waals surface area (Å²) in [5, 5.41) is 24.2. The van der Waals surface area contributed by atoms with Gasteiger partial charge >= 0.3 is 5.97 Å². The van der Waals surface area contributed by atoms with Crippen molar-refractivity contribution in [2.75, 3.05) is 67.6 Å². The van der Waals surface area contributed by atoms with Crippen LogP contribution in [0.3, 0.4) is 0 Å². The van der Waals surface area contributed by atoms with Crippen LogP contribution in [0, 0.1) is 12.8 Å². The molecule has 4 heterocycles. The van der Waals surface area contributed by atoms with E-state index < -0.39 is 0 Å². The van der Waals surface area contributed by atoms with Gasteiger partial charge in [0.1, 0.15) is 16.5 Å². The van der Waals surface area contributed by atoms with E-state index in [0.717, 1.165) is 37.6 Å². The molecule has 2 aliphatic rings. The van der Waals surface area contributed by atoms with Gasteiger partial charge < -0.3 is 24.9 Å².